The fourth-order valence-electron chi connectivity index (χ4n) is 1.88. The number of halogens is 3. The Hall–Kier alpha value is -2.92. The Labute approximate surface area is 177 Å². The lowest BCUT2D eigenvalue weighted by Gasteiger charge is -2.10. The molecule has 1 aromatic rings. The molecule has 0 bridgehead atoms. The van der Waals surface area contributed by atoms with E-state index in [4.69, 9.17) is 26.2 Å². The van der Waals surface area contributed by atoms with Crippen LogP contribution in [0.2, 0.25) is 0 Å². The zero-order valence-corrected chi connectivity index (χ0v) is 16.0. The predicted octanol–water partition coefficient (Wildman–Crippen LogP) is 2.91. The van der Waals surface area contributed by atoms with Crippen molar-refractivity contribution < 1.29 is 48.0 Å². The normalized spacial score (nSPS) is 14.6. The Morgan fingerprint density at radius 2 is 1.73 bits per heavy atom. The van der Waals surface area contributed by atoms with Gasteiger partial charge in [0, 0.05) is 35.1 Å². The Balaban J connectivity index is 0.00000116. The minimum Gasteiger partial charge on any atom is -0.478 e. The summed E-state index contributed by atoms with van der Waals surface area (Å²) < 4.78 is 72.3. The molecule has 11 heteroatoms. The molecule has 0 radical (unpaired) electrons. The van der Waals surface area contributed by atoms with Crippen LogP contribution in [0.4, 0.5) is 13.2 Å². The fraction of sp³-hybridized carbons (Fsp3) is 0.421. The van der Waals surface area contributed by atoms with Crippen LogP contribution in [-0.4, -0.2) is 54.6 Å². The van der Waals surface area contributed by atoms with Crippen molar-refractivity contribution in [2.75, 3.05) is 26.8 Å². The molecule has 0 unspecified atom stereocenters. The summed E-state index contributed by atoms with van der Waals surface area (Å²) in [6, 6.07) is 4.18. The highest BCUT2D eigenvalue weighted by atomic mass is 19.4. The first-order chi connectivity index (χ1) is 15.5. The monoisotopic (exact) mass is 438 g/mol. The lowest BCUT2D eigenvalue weighted by Crippen LogP contribution is -2.09. The van der Waals surface area contributed by atoms with E-state index in [0.717, 1.165) is 12.1 Å². The SMILES string of the molecule is O=C(O)/C=C/C(=O)O.[2H]C([2H])(N)C([2H])([2H])O/N=C(/CCCCOC)c1ccc(C(F)(F)F)cc1. The van der Waals surface area contributed by atoms with Gasteiger partial charge in [0.15, 0.2) is 0 Å². The molecule has 0 atom stereocenters. The van der Waals surface area contributed by atoms with E-state index >= 15 is 0 Å². The van der Waals surface area contributed by atoms with Gasteiger partial charge in [-0.05, 0) is 37.0 Å². The zero-order valence-electron chi connectivity index (χ0n) is 20.0. The first-order valence-corrected chi connectivity index (χ1v) is 8.35. The second-order valence-corrected chi connectivity index (χ2v) is 5.41. The molecule has 0 amide bonds. The number of unbranched alkanes of at least 4 members (excludes halogenated alkanes) is 1. The standard InChI is InChI=1S/C15H21F3N2O2.C4H4O4/c1-21-10-3-2-4-14(20-22-11-9-19)12-5-7-13(8-6-12)15(16,17)18;5-3(6)1-2-4(7)8/h5-8H,2-4,9-11,19H2,1H3;1-2H,(H,5,6)(H,7,8)/b20-14-;2-1+/i9D2,11D2;. The highest BCUT2D eigenvalue weighted by molar-refractivity contribution is 6.00. The zero-order chi connectivity index (χ0) is 26.6. The number of nitrogens with two attached hydrogens (primary N) is 1. The molecular formula is C19H25F3N2O6. The van der Waals surface area contributed by atoms with Crippen molar-refractivity contribution in [2.45, 2.75) is 25.4 Å². The van der Waals surface area contributed by atoms with E-state index < -0.39 is 36.7 Å². The van der Waals surface area contributed by atoms with Gasteiger partial charge >= 0.3 is 18.1 Å². The Morgan fingerprint density at radius 3 is 2.17 bits per heavy atom. The van der Waals surface area contributed by atoms with Crippen LogP contribution in [0.15, 0.2) is 41.6 Å². The number of benzene rings is 1. The summed E-state index contributed by atoms with van der Waals surface area (Å²) in [6.45, 7) is -5.23. The number of hydrogen-bond acceptors (Lipinski definition) is 6. The summed E-state index contributed by atoms with van der Waals surface area (Å²) in [4.78, 5) is 23.7. The van der Waals surface area contributed by atoms with Crippen molar-refractivity contribution in [3.05, 3.63) is 47.5 Å². The van der Waals surface area contributed by atoms with Crippen LogP contribution < -0.4 is 5.73 Å². The number of carboxylic acid groups (broad SMARTS) is 2. The fourth-order valence-corrected chi connectivity index (χ4v) is 1.88. The molecule has 0 saturated heterocycles. The highest BCUT2D eigenvalue weighted by Crippen LogP contribution is 2.29. The summed E-state index contributed by atoms with van der Waals surface area (Å²) >= 11 is 0. The van der Waals surface area contributed by atoms with E-state index in [-0.39, 0.29) is 12.1 Å². The summed E-state index contributed by atoms with van der Waals surface area (Å²) in [7, 11) is 1.53. The van der Waals surface area contributed by atoms with Crippen LogP contribution >= 0.6 is 0 Å². The van der Waals surface area contributed by atoms with E-state index in [9.17, 15) is 22.8 Å². The number of alkyl halides is 3. The molecule has 1 rings (SSSR count). The van der Waals surface area contributed by atoms with Crippen molar-refractivity contribution in [1.82, 2.24) is 0 Å². The second kappa shape index (κ2) is 15.0. The topological polar surface area (TPSA) is 131 Å². The van der Waals surface area contributed by atoms with Gasteiger partial charge in [0.25, 0.3) is 0 Å². The van der Waals surface area contributed by atoms with Gasteiger partial charge in [0.05, 0.1) is 14.0 Å². The van der Waals surface area contributed by atoms with E-state index in [1.807, 2.05) is 0 Å². The van der Waals surface area contributed by atoms with Gasteiger partial charge in [0.1, 0.15) is 6.56 Å². The lowest BCUT2D eigenvalue weighted by atomic mass is 10.0. The number of nitrogens with zero attached hydrogens (tertiary/aromatic N) is 1. The molecule has 4 N–H and O–H groups in total. The molecular weight excluding hydrogens is 409 g/mol. The van der Waals surface area contributed by atoms with Crippen molar-refractivity contribution in [1.29, 1.82) is 0 Å². The maximum Gasteiger partial charge on any atom is 0.416 e. The van der Waals surface area contributed by atoms with Crippen molar-refractivity contribution in [3.63, 3.8) is 0 Å². The minimum atomic E-state index is -4.47. The van der Waals surface area contributed by atoms with Crippen LogP contribution in [-0.2, 0) is 25.3 Å². The van der Waals surface area contributed by atoms with Crippen LogP contribution in [0.3, 0.4) is 0 Å². The molecule has 0 aliphatic carbocycles. The highest BCUT2D eigenvalue weighted by Gasteiger charge is 2.30. The molecule has 0 fully saturated rings. The first-order valence-electron chi connectivity index (χ1n) is 10.4. The van der Waals surface area contributed by atoms with Crippen LogP contribution in [0.5, 0.6) is 0 Å². The number of methoxy groups -OCH3 is 1. The smallest absolute Gasteiger partial charge is 0.416 e. The molecule has 0 aliphatic heterocycles. The number of oxime groups is 1. The maximum absolute atomic E-state index is 12.7. The molecule has 8 nitrogen and oxygen atoms in total. The van der Waals surface area contributed by atoms with Crippen LogP contribution in [0.25, 0.3) is 0 Å². The van der Waals surface area contributed by atoms with Gasteiger partial charge in [0.2, 0.25) is 0 Å². The van der Waals surface area contributed by atoms with E-state index in [1.54, 1.807) is 0 Å². The summed E-state index contributed by atoms with van der Waals surface area (Å²) in [5.74, 6) is -2.51. The third-order valence-electron chi connectivity index (χ3n) is 3.19. The van der Waals surface area contributed by atoms with E-state index in [0.29, 0.717) is 37.2 Å². The first kappa shape index (κ1) is 20.4. The average Bonchev–Trinajstić information content (AvgIpc) is 2.71. The van der Waals surface area contributed by atoms with Gasteiger partial charge < -0.3 is 25.5 Å². The molecule has 30 heavy (non-hydrogen) atoms. The number of rotatable bonds is 11. The third kappa shape index (κ3) is 13.3. The van der Waals surface area contributed by atoms with Crippen molar-refractivity contribution in [3.8, 4) is 0 Å². The minimum absolute atomic E-state index is 0.183. The molecule has 0 aromatic heterocycles. The molecule has 168 valence electrons. The number of aliphatic carboxylic acids is 2. The Morgan fingerprint density at radius 1 is 1.17 bits per heavy atom. The van der Waals surface area contributed by atoms with E-state index in [2.05, 4.69) is 9.99 Å². The summed E-state index contributed by atoms with van der Waals surface area (Å²) in [5.41, 5.74) is 4.74. The van der Waals surface area contributed by atoms with Gasteiger partial charge in [-0.3, -0.25) is 0 Å². The largest absolute Gasteiger partial charge is 0.478 e. The van der Waals surface area contributed by atoms with Crippen LogP contribution in [0, 0.1) is 0 Å². The molecule has 0 saturated carbocycles. The summed E-state index contributed by atoms with van der Waals surface area (Å²) in [6.07, 6.45) is -1.86. The van der Waals surface area contributed by atoms with Crippen molar-refractivity contribution in [2.24, 2.45) is 10.9 Å². The van der Waals surface area contributed by atoms with Gasteiger partial charge in [-0.15, -0.1) is 0 Å². The van der Waals surface area contributed by atoms with Crippen molar-refractivity contribution >= 4 is 17.7 Å². The Bertz CT molecular complexity index is 841. The molecule has 1 aromatic carbocycles. The third-order valence-corrected chi connectivity index (χ3v) is 3.19. The van der Waals surface area contributed by atoms with Gasteiger partial charge in [-0.1, -0.05) is 17.3 Å². The maximum atomic E-state index is 12.7. The lowest BCUT2D eigenvalue weighted by molar-refractivity contribution is -0.137. The molecule has 0 spiro atoms. The molecule has 0 aliphatic rings. The second-order valence-electron chi connectivity index (χ2n) is 5.41. The van der Waals surface area contributed by atoms with Crippen LogP contribution in [0.1, 0.15) is 35.9 Å². The number of hydrogen-bond donors (Lipinski definition) is 3. The number of carboxylic acids is 2. The average molecular weight is 438 g/mol. The van der Waals surface area contributed by atoms with E-state index in [1.165, 1.54) is 19.2 Å². The number of carbonyl (C=O) groups is 2. The predicted molar refractivity (Wildman–Crippen MR) is 103 cm³/mol. The Kier molecular flexibility index (Phi) is 10.2. The van der Waals surface area contributed by atoms with Gasteiger partial charge in [-0.2, -0.15) is 13.2 Å². The molecule has 0 heterocycles. The number of ether oxygens (including phenoxy) is 1. The quantitative estimate of drug-likeness (QED) is 0.209. The van der Waals surface area contributed by atoms with Gasteiger partial charge in [-0.25, -0.2) is 9.59 Å². The summed E-state index contributed by atoms with van der Waals surface area (Å²) in [5, 5.41) is 19.2.